The van der Waals surface area contributed by atoms with Crippen molar-refractivity contribution in [2.45, 2.75) is 64.3 Å². The molecule has 27 heavy (non-hydrogen) atoms. The molecule has 0 aromatic heterocycles. The first-order valence-corrected chi connectivity index (χ1v) is 9.86. The molecule has 6 nitrogen and oxygen atoms in total. The summed E-state index contributed by atoms with van der Waals surface area (Å²) >= 11 is 0. The minimum atomic E-state index is -1.95. The van der Waals surface area contributed by atoms with Crippen LogP contribution in [0.15, 0.2) is 23.3 Å². The summed E-state index contributed by atoms with van der Waals surface area (Å²) < 4.78 is 10.7. The third-order valence-electron chi connectivity index (χ3n) is 6.90. The van der Waals surface area contributed by atoms with E-state index in [0.29, 0.717) is 29.7 Å². The molecule has 0 aromatic rings. The summed E-state index contributed by atoms with van der Waals surface area (Å²) in [4.78, 5) is 36.2. The van der Waals surface area contributed by atoms with E-state index < -0.39 is 23.5 Å². The fourth-order valence-electron chi connectivity index (χ4n) is 6.03. The van der Waals surface area contributed by atoms with Gasteiger partial charge in [-0.3, -0.25) is 14.4 Å². The van der Waals surface area contributed by atoms with Crippen LogP contribution in [-0.4, -0.2) is 34.7 Å². The van der Waals surface area contributed by atoms with E-state index in [9.17, 15) is 19.5 Å². The Bertz CT molecular complexity index is 732. The van der Waals surface area contributed by atoms with Crippen LogP contribution in [0.3, 0.4) is 0 Å². The lowest BCUT2D eigenvalue weighted by Gasteiger charge is -2.48. The van der Waals surface area contributed by atoms with Crippen LogP contribution in [-0.2, 0) is 23.9 Å². The van der Waals surface area contributed by atoms with Crippen LogP contribution in [0, 0.1) is 23.7 Å². The van der Waals surface area contributed by atoms with E-state index in [1.54, 1.807) is 0 Å². The van der Waals surface area contributed by atoms with Crippen LogP contribution < -0.4 is 0 Å². The van der Waals surface area contributed by atoms with E-state index in [-0.39, 0.29) is 12.0 Å². The Morgan fingerprint density at radius 2 is 1.63 bits per heavy atom. The van der Waals surface area contributed by atoms with Gasteiger partial charge in [0.1, 0.15) is 0 Å². The van der Waals surface area contributed by atoms with Gasteiger partial charge >= 0.3 is 17.7 Å². The van der Waals surface area contributed by atoms with Gasteiger partial charge < -0.3 is 14.6 Å². The molecule has 2 saturated carbocycles. The molecule has 0 radical (unpaired) electrons. The topological polar surface area (TPSA) is 89.9 Å². The number of aliphatic hydroxyl groups excluding tert-OH is 1. The standard InChI is InChI=1S/C21H26O6/c1-11(22)26-21(27-12(2)23)18-8-5-13-14(16(18)7-10-20(21)25)3-4-17-15(13)6-9-19(17)24/h7,10,13-15,17,19,24H,3-6,8-9H2,1-2H3/t13-,14+,15+,17?,19?/m1/s1. The number of aliphatic hydroxyl groups is 1. The lowest BCUT2D eigenvalue weighted by molar-refractivity contribution is -0.212. The third kappa shape index (κ3) is 2.85. The number of ether oxygens (including phenoxy) is 2. The average Bonchev–Trinajstić information content (AvgIpc) is 2.98. The van der Waals surface area contributed by atoms with Gasteiger partial charge in [0.25, 0.3) is 0 Å². The number of hydrogen-bond acceptors (Lipinski definition) is 6. The summed E-state index contributed by atoms with van der Waals surface area (Å²) in [6.45, 7) is 2.43. The molecule has 146 valence electrons. The van der Waals surface area contributed by atoms with Gasteiger partial charge in [-0.1, -0.05) is 6.08 Å². The summed E-state index contributed by atoms with van der Waals surface area (Å²) in [5, 5.41) is 10.3. The van der Waals surface area contributed by atoms with Crippen molar-refractivity contribution in [3.63, 3.8) is 0 Å². The van der Waals surface area contributed by atoms with Gasteiger partial charge in [0.05, 0.1) is 6.10 Å². The molecule has 6 heteroatoms. The number of rotatable bonds is 2. The van der Waals surface area contributed by atoms with Crippen LogP contribution >= 0.6 is 0 Å². The second-order valence-corrected chi connectivity index (χ2v) is 8.29. The minimum Gasteiger partial charge on any atom is -0.411 e. The SMILES string of the molecule is CC(=O)OC1(OC(C)=O)C(=O)C=CC2=C1CC[C@@H]1[C@@H]2CCC2C(O)CC[C@H]21. The largest absolute Gasteiger partial charge is 0.411 e. The van der Waals surface area contributed by atoms with Gasteiger partial charge in [0.15, 0.2) is 0 Å². The summed E-state index contributed by atoms with van der Waals surface area (Å²) in [5.41, 5.74) is 1.60. The number of allylic oxidation sites excluding steroid dienone is 2. The summed E-state index contributed by atoms with van der Waals surface area (Å²) in [6, 6.07) is 0. The van der Waals surface area contributed by atoms with E-state index >= 15 is 0 Å². The molecule has 4 aliphatic carbocycles. The number of esters is 2. The van der Waals surface area contributed by atoms with Crippen molar-refractivity contribution >= 4 is 17.7 Å². The predicted molar refractivity (Wildman–Crippen MR) is 95.1 cm³/mol. The van der Waals surface area contributed by atoms with Gasteiger partial charge in [-0.25, -0.2) is 0 Å². The number of carbonyl (C=O) groups is 3. The van der Waals surface area contributed by atoms with Gasteiger partial charge in [-0.05, 0) is 73.8 Å². The van der Waals surface area contributed by atoms with E-state index in [1.807, 2.05) is 6.08 Å². The zero-order valence-corrected chi connectivity index (χ0v) is 15.8. The van der Waals surface area contributed by atoms with Crippen molar-refractivity contribution in [2.75, 3.05) is 0 Å². The van der Waals surface area contributed by atoms with Crippen molar-refractivity contribution in [3.8, 4) is 0 Å². The van der Waals surface area contributed by atoms with E-state index in [2.05, 4.69) is 0 Å². The highest BCUT2D eigenvalue weighted by molar-refractivity contribution is 6.03. The van der Waals surface area contributed by atoms with Gasteiger partial charge in [0, 0.05) is 19.4 Å². The maximum Gasteiger partial charge on any atom is 0.344 e. The Kier molecular flexibility index (Phi) is 4.49. The minimum absolute atomic E-state index is 0.198. The smallest absolute Gasteiger partial charge is 0.344 e. The Morgan fingerprint density at radius 1 is 0.963 bits per heavy atom. The predicted octanol–water partition coefficient (Wildman–Crippen LogP) is 2.45. The van der Waals surface area contributed by atoms with Crippen LogP contribution in [0.25, 0.3) is 0 Å². The molecule has 5 atom stereocenters. The maximum absolute atomic E-state index is 12.7. The number of fused-ring (bicyclic) bond motifs is 4. The van der Waals surface area contributed by atoms with Crippen molar-refractivity contribution < 1.29 is 29.0 Å². The molecule has 4 rings (SSSR count). The van der Waals surface area contributed by atoms with Crippen molar-refractivity contribution in [1.29, 1.82) is 0 Å². The monoisotopic (exact) mass is 374 g/mol. The van der Waals surface area contributed by atoms with Crippen LogP contribution in [0.5, 0.6) is 0 Å². The molecule has 4 aliphatic rings. The molecule has 0 aliphatic heterocycles. The first-order chi connectivity index (χ1) is 12.8. The lowest BCUT2D eigenvalue weighted by Crippen LogP contribution is -2.52. The number of ketones is 1. The number of hydrogen-bond donors (Lipinski definition) is 1. The highest BCUT2D eigenvalue weighted by Crippen LogP contribution is 2.56. The Balaban J connectivity index is 1.74. The molecule has 0 aromatic carbocycles. The Labute approximate surface area is 158 Å². The number of carbonyl (C=O) groups excluding carboxylic acids is 3. The summed E-state index contributed by atoms with van der Waals surface area (Å²) in [6.07, 6.45) is 8.19. The Hall–Kier alpha value is -1.95. The fourth-order valence-corrected chi connectivity index (χ4v) is 6.03. The first-order valence-electron chi connectivity index (χ1n) is 9.86. The molecule has 0 saturated heterocycles. The van der Waals surface area contributed by atoms with Gasteiger partial charge in [-0.2, -0.15) is 0 Å². The zero-order valence-electron chi connectivity index (χ0n) is 15.8. The van der Waals surface area contributed by atoms with E-state index in [0.717, 1.165) is 37.7 Å². The summed E-state index contributed by atoms with van der Waals surface area (Å²) in [5.74, 6) is -2.22. The van der Waals surface area contributed by atoms with Crippen LogP contribution in [0.1, 0.15) is 52.4 Å². The van der Waals surface area contributed by atoms with Gasteiger partial charge in [0.2, 0.25) is 5.78 Å². The quantitative estimate of drug-likeness (QED) is 0.590. The molecule has 2 unspecified atom stereocenters. The van der Waals surface area contributed by atoms with Crippen molar-refractivity contribution in [3.05, 3.63) is 23.3 Å². The van der Waals surface area contributed by atoms with Crippen molar-refractivity contribution in [1.82, 2.24) is 0 Å². The molecule has 0 bridgehead atoms. The normalized spacial score (nSPS) is 36.6. The molecule has 0 heterocycles. The van der Waals surface area contributed by atoms with E-state index in [1.165, 1.54) is 19.9 Å². The first kappa shape index (κ1) is 18.4. The molecular weight excluding hydrogens is 348 g/mol. The molecule has 2 fully saturated rings. The molecular formula is C21H26O6. The van der Waals surface area contributed by atoms with Crippen LogP contribution in [0.4, 0.5) is 0 Å². The maximum atomic E-state index is 12.7. The molecule has 0 spiro atoms. The van der Waals surface area contributed by atoms with E-state index in [4.69, 9.17) is 9.47 Å². The van der Waals surface area contributed by atoms with Crippen molar-refractivity contribution in [2.24, 2.45) is 23.7 Å². The second-order valence-electron chi connectivity index (χ2n) is 8.29. The highest BCUT2D eigenvalue weighted by Gasteiger charge is 2.55. The molecule has 1 N–H and O–H groups in total. The second kappa shape index (κ2) is 6.59. The fraction of sp³-hybridized carbons (Fsp3) is 0.667. The molecule has 0 amide bonds. The highest BCUT2D eigenvalue weighted by atomic mass is 16.7. The summed E-state index contributed by atoms with van der Waals surface area (Å²) in [7, 11) is 0. The third-order valence-corrected chi connectivity index (χ3v) is 6.90. The zero-order chi connectivity index (χ0) is 19.3. The van der Waals surface area contributed by atoms with Gasteiger partial charge in [-0.15, -0.1) is 0 Å². The van der Waals surface area contributed by atoms with Crippen LogP contribution in [0.2, 0.25) is 0 Å². The average molecular weight is 374 g/mol. The lowest BCUT2D eigenvalue weighted by atomic mass is 9.59. The Morgan fingerprint density at radius 3 is 2.30 bits per heavy atom.